The minimum absolute atomic E-state index is 0.382. The summed E-state index contributed by atoms with van der Waals surface area (Å²) in [5, 5.41) is 0.648. The first kappa shape index (κ1) is 15.3. The van der Waals surface area contributed by atoms with Crippen LogP contribution in [0.25, 0.3) is 0 Å². The van der Waals surface area contributed by atoms with Crippen LogP contribution in [0.15, 0.2) is 24.3 Å². The quantitative estimate of drug-likeness (QED) is 0.928. The molecule has 2 rings (SSSR count). The molecule has 1 aliphatic rings. The maximum absolute atomic E-state index is 12.3. The molecule has 0 saturated heterocycles. The Morgan fingerprint density at radius 1 is 1.25 bits per heavy atom. The van der Waals surface area contributed by atoms with Crippen molar-refractivity contribution in [3.8, 4) is 0 Å². The van der Waals surface area contributed by atoms with E-state index in [1.165, 1.54) is 0 Å². The van der Waals surface area contributed by atoms with Crippen molar-refractivity contribution < 1.29 is 13.2 Å². The second-order valence-corrected chi connectivity index (χ2v) is 7.68. The van der Waals surface area contributed by atoms with E-state index in [-0.39, 0.29) is 5.91 Å². The summed E-state index contributed by atoms with van der Waals surface area (Å²) < 4.78 is 24.7. The largest absolute Gasteiger partial charge is 0.273 e. The average molecular weight is 316 g/mol. The van der Waals surface area contributed by atoms with Gasteiger partial charge in [-0.2, -0.15) is 0 Å². The van der Waals surface area contributed by atoms with Gasteiger partial charge < -0.3 is 0 Å². The van der Waals surface area contributed by atoms with Crippen LogP contribution >= 0.6 is 11.6 Å². The highest BCUT2D eigenvalue weighted by Gasteiger charge is 2.42. The predicted octanol–water partition coefficient (Wildman–Crippen LogP) is 2.52. The van der Waals surface area contributed by atoms with Crippen LogP contribution in [-0.4, -0.2) is 20.6 Å². The van der Waals surface area contributed by atoms with Gasteiger partial charge in [0.2, 0.25) is 15.9 Å². The Balaban J connectivity index is 2.21. The van der Waals surface area contributed by atoms with Crippen molar-refractivity contribution in [3.63, 3.8) is 0 Å². The molecule has 0 aliphatic heterocycles. The van der Waals surface area contributed by atoms with Crippen LogP contribution in [0.3, 0.4) is 0 Å². The highest BCUT2D eigenvalue weighted by Crippen LogP contribution is 2.41. The van der Waals surface area contributed by atoms with Crippen molar-refractivity contribution in [2.45, 2.75) is 32.1 Å². The summed E-state index contributed by atoms with van der Waals surface area (Å²) in [6.45, 7) is 0. The predicted molar refractivity (Wildman–Crippen MR) is 79.0 cm³/mol. The summed E-state index contributed by atoms with van der Waals surface area (Å²) in [4.78, 5) is 12.3. The van der Waals surface area contributed by atoms with E-state index >= 15 is 0 Å². The van der Waals surface area contributed by atoms with Crippen LogP contribution in [0, 0.1) is 5.41 Å². The summed E-state index contributed by atoms with van der Waals surface area (Å²) in [6.07, 6.45) is 4.89. The molecule has 20 heavy (non-hydrogen) atoms. The van der Waals surface area contributed by atoms with Crippen LogP contribution in [0.2, 0.25) is 5.02 Å². The van der Waals surface area contributed by atoms with Crippen molar-refractivity contribution in [3.05, 3.63) is 34.9 Å². The van der Waals surface area contributed by atoms with Gasteiger partial charge in [-0.15, -0.1) is 0 Å². The number of hydrogen-bond donors (Lipinski definition) is 1. The Bertz CT molecular complexity index is 589. The SMILES string of the molecule is CS(=O)(=O)NC(=O)C1(Cc2ccc(Cl)cc2)CCCC1. The molecule has 110 valence electrons. The fourth-order valence-electron chi connectivity index (χ4n) is 2.81. The lowest BCUT2D eigenvalue weighted by Gasteiger charge is -2.27. The van der Waals surface area contributed by atoms with Crippen molar-refractivity contribution in [1.82, 2.24) is 4.72 Å². The molecule has 1 amide bonds. The molecule has 1 aliphatic carbocycles. The fraction of sp³-hybridized carbons (Fsp3) is 0.500. The molecule has 0 unspecified atom stereocenters. The number of halogens is 1. The molecule has 1 saturated carbocycles. The number of hydrogen-bond acceptors (Lipinski definition) is 3. The summed E-state index contributed by atoms with van der Waals surface area (Å²) >= 11 is 5.85. The lowest BCUT2D eigenvalue weighted by atomic mass is 9.79. The van der Waals surface area contributed by atoms with Crippen molar-refractivity contribution in [1.29, 1.82) is 0 Å². The molecule has 0 atom stereocenters. The first-order valence-electron chi connectivity index (χ1n) is 6.57. The second-order valence-electron chi connectivity index (χ2n) is 5.49. The van der Waals surface area contributed by atoms with Crippen molar-refractivity contribution >= 4 is 27.5 Å². The molecule has 1 N–H and O–H groups in total. The van der Waals surface area contributed by atoms with E-state index in [2.05, 4.69) is 4.72 Å². The van der Waals surface area contributed by atoms with E-state index in [9.17, 15) is 13.2 Å². The average Bonchev–Trinajstić information content (AvgIpc) is 2.80. The van der Waals surface area contributed by atoms with Crippen LogP contribution in [0.1, 0.15) is 31.2 Å². The standard InChI is InChI=1S/C14H18ClNO3S/c1-20(18,19)16-13(17)14(8-2-3-9-14)10-11-4-6-12(15)7-5-11/h4-7H,2-3,8-10H2,1H3,(H,16,17). The maximum atomic E-state index is 12.3. The zero-order valence-electron chi connectivity index (χ0n) is 11.4. The Kier molecular flexibility index (Phi) is 4.39. The highest BCUT2D eigenvalue weighted by atomic mass is 35.5. The Morgan fingerprint density at radius 2 is 1.80 bits per heavy atom. The minimum atomic E-state index is -3.52. The molecule has 1 aromatic rings. The summed E-state index contributed by atoms with van der Waals surface area (Å²) in [7, 11) is -3.52. The van der Waals surface area contributed by atoms with Gasteiger partial charge in [0.05, 0.1) is 11.7 Å². The van der Waals surface area contributed by atoms with Crippen molar-refractivity contribution in [2.24, 2.45) is 5.41 Å². The molecule has 1 fully saturated rings. The highest BCUT2D eigenvalue weighted by molar-refractivity contribution is 7.89. The topological polar surface area (TPSA) is 63.2 Å². The molecular weight excluding hydrogens is 298 g/mol. The molecule has 0 radical (unpaired) electrons. The third-order valence-corrected chi connectivity index (χ3v) is 4.58. The van der Waals surface area contributed by atoms with Crippen LogP contribution in [0.4, 0.5) is 0 Å². The molecule has 0 bridgehead atoms. The summed E-state index contributed by atoms with van der Waals surface area (Å²) in [5.74, 6) is -0.382. The third kappa shape index (κ3) is 3.73. The normalized spacial score (nSPS) is 17.9. The second kappa shape index (κ2) is 5.74. The number of carbonyl (C=O) groups is 1. The van der Waals surface area contributed by atoms with Gasteiger partial charge in [0, 0.05) is 5.02 Å². The fourth-order valence-corrected chi connectivity index (χ4v) is 3.48. The van der Waals surface area contributed by atoms with Crippen LogP contribution in [0.5, 0.6) is 0 Å². The molecule has 0 aromatic heterocycles. The molecular formula is C14H18ClNO3S. The number of sulfonamides is 1. The molecule has 6 heteroatoms. The number of nitrogens with one attached hydrogen (secondary N) is 1. The molecule has 1 aromatic carbocycles. The number of benzene rings is 1. The lowest BCUT2D eigenvalue weighted by molar-refractivity contribution is -0.128. The third-order valence-electron chi connectivity index (χ3n) is 3.78. The van der Waals surface area contributed by atoms with Crippen LogP contribution < -0.4 is 4.72 Å². The Labute approximate surface area is 124 Å². The monoisotopic (exact) mass is 315 g/mol. The minimum Gasteiger partial charge on any atom is -0.273 e. The van der Waals surface area contributed by atoms with Gasteiger partial charge in [0.15, 0.2) is 0 Å². The zero-order chi connectivity index (χ0) is 14.8. The van der Waals surface area contributed by atoms with Gasteiger partial charge in [0.25, 0.3) is 0 Å². The molecule has 0 spiro atoms. The number of amides is 1. The van der Waals surface area contributed by atoms with Crippen LogP contribution in [-0.2, 0) is 21.2 Å². The first-order valence-corrected chi connectivity index (χ1v) is 8.84. The van der Waals surface area contributed by atoms with Gasteiger partial charge in [-0.3, -0.25) is 9.52 Å². The van der Waals surface area contributed by atoms with E-state index in [1.54, 1.807) is 12.1 Å². The number of carbonyl (C=O) groups excluding carboxylic acids is 1. The van der Waals surface area contributed by atoms with Gasteiger partial charge in [-0.25, -0.2) is 8.42 Å². The Hall–Kier alpha value is -1.07. The van der Waals surface area contributed by atoms with Gasteiger partial charge in [-0.05, 0) is 37.0 Å². The van der Waals surface area contributed by atoms with Gasteiger partial charge >= 0.3 is 0 Å². The first-order chi connectivity index (χ1) is 9.31. The Morgan fingerprint density at radius 3 is 2.30 bits per heavy atom. The van der Waals surface area contributed by atoms with E-state index in [1.807, 2.05) is 12.1 Å². The zero-order valence-corrected chi connectivity index (χ0v) is 12.9. The van der Waals surface area contributed by atoms with Gasteiger partial charge in [0.1, 0.15) is 0 Å². The van der Waals surface area contributed by atoms with Crippen molar-refractivity contribution in [2.75, 3.05) is 6.26 Å². The smallest absolute Gasteiger partial charge is 0.239 e. The molecule has 0 heterocycles. The van der Waals surface area contributed by atoms with Gasteiger partial charge in [-0.1, -0.05) is 36.6 Å². The molecule has 4 nitrogen and oxygen atoms in total. The number of rotatable bonds is 4. The van der Waals surface area contributed by atoms with E-state index in [4.69, 9.17) is 11.6 Å². The van der Waals surface area contributed by atoms with E-state index < -0.39 is 15.4 Å². The maximum Gasteiger partial charge on any atom is 0.239 e. The van der Waals surface area contributed by atoms with E-state index in [0.29, 0.717) is 11.4 Å². The summed E-state index contributed by atoms with van der Waals surface area (Å²) in [5.41, 5.74) is 0.386. The summed E-state index contributed by atoms with van der Waals surface area (Å²) in [6, 6.07) is 7.34. The lowest BCUT2D eigenvalue weighted by Crippen LogP contribution is -2.43. The van der Waals surface area contributed by atoms with E-state index in [0.717, 1.165) is 37.5 Å².